The van der Waals surface area contributed by atoms with E-state index < -0.39 is 10.5 Å². The fourth-order valence-corrected chi connectivity index (χ4v) is 5.25. The van der Waals surface area contributed by atoms with Gasteiger partial charge in [0.15, 0.2) is 0 Å². The highest BCUT2D eigenvalue weighted by atomic mass is 32.1. The molecule has 0 fully saturated rings. The van der Waals surface area contributed by atoms with Gasteiger partial charge in [0, 0.05) is 22.4 Å². The third-order valence-corrected chi connectivity index (χ3v) is 6.50. The average molecular weight is 409 g/mol. The van der Waals surface area contributed by atoms with Crippen molar-refractivity contribution in [1.82, 2.24) is 9.97 Å². The van der Waals surface area contributed by atoms with Crippen LogP contribution in [0.3, 0.4) is 0 Å². The standard InChI is InChI=1S/C20H15N3O5S/c1-9-2-4-12-15(6-9)29-19-16(12)18(24)21-17(22-19)13-8-10-7-11(23(26)27)3-5-14(10)28-20(13)25/h3,5,7-9H,2,4,6H2,1H3,(H,21,22,24). The number of fused-ring (bicyclic) bond motifs is 4. The normalized spacial score (nSPS) is 16.2. The molecule has 0 saturated carbocycles. The first-order valence-electron chi connectivity index (χ1n) is 9.18. The summed E-state index contributed by atoms with van der Waals surface area (Å²) in [6.45, 7) is 2.19. The average Bonchev–Trinajstić information content (AvgIpc) is 3.04. The molecule has 1 N–H and O–H groups in total. The summed E-state index contributed by atoms with van der Waals surface area (Å²) >= 11 is 1.49. The summed E-state index contributed by atoms with van der Waals surface area (Å²) in [6.07, 6.45) is 2.81. The molecule has 5 rings (SSSR count). The van der Waals surface area contributed by atoms with Crippen LogP contribution in [0.2, 0.25) is 0 Å². The van der Waals surface area contributed by atoms with E-state index in [1.807, 2.05) is 0 Å². The van der Waals surface area contributed by atoms with Crippen molar-refractivity contribution in [2.45, 2.75) is 26.2 Å². The van der Waals surface area contributed by atoms with E-state index in [1.54, 1.807) is 0 Å². The van der Waals surface area contributed by atoms with Gasteiger partial charge in [-0.2, -0.15) is 0 Å². The van der Waals surface area contributed by atoms with Crippen molar-refractivity contribution in [2.24, 2.45) is 5.92 Å². The Morgan fingerprint density at radius 3 is 2.93 bits per heavy atom. The van der Waals surface area contributed by atoms with Gasteiger partial charge in [-0.3, -0.25) is 14.9 Å². The lowest BCUT2D eigenvalue weighted by Crippen LogP contribution is -2.15. The number of hydrogen-bond donors (Lipinski definition) is 1. The Morgan fingerprint density at radius 2 is 2.14 bits per heavy atom. The zero-order chi connectivity index (χ0) is 20.3. The predicted molar refractivity (Wildman–Crippen MR) is 110 cm³/mol. The molecule has 29 heavy (non-hydrogen) atoms. The molecule has 3 heterocycles. The third-order valence-electron chi connectivity index (χ3n) is 5.35. The van der Waals surface area contributed by atoms with Crippen LogP contribution >= 0.6 is 11.3 Å². The Bertz CT molecular complexity index is 1430. The number of rotatable bonds is 2. The van der Waals surface area contributed by atoms with Crippen LogP contribution in [0, 0.1) is 16.0 Å². The van der Waals surface area contributed by atoms with E-state index in [1.165, 1.54) is 40.5 Å². The lowest BCUT2D eigenvalue weighted by atomic mass is 9.89. The number of aryl methyl sites for hydroxylation is 1. The zero-order valence-electron chi connectivity index (χ0n) is 15.4. The number of nitrogens with zero attached hydrogens (tertiary/aromatic N) is 2. The van der Waals surface area contributed by atoms with Gasteiger partial charge in [0.25, 0.3) is 11.2 Å². The van der Waals surface area contributed by atoms with Gasteiger partial charge < -0.3 is 9.40 Å². The second-order valence-corrected chi connectivity index (χ2v) is 8.46. The maximum absolute atomic E-state index is 12.8. The minimum atomic E-state index is -0.663. The molecule has 4 aromatic rings. The van der Waals surface area contributed by atoms with Crippen LogP contribution in [0.25, 0.3) is 32.6 Å². The molecule has 146 valence electrons. The highest BCUT2D eigenvalue weighted by Gasteiger charge is 2.24. The molecular formula is C20H15N3O5S. The molecule has 1 unspecified atom stereocenters. The van der Waals surface area contributed by atoms with Crippen LogP contribution in [0.5, 0.6) is 0 Å². The number of thiophene rings is 1. The highest BCUT2D eigenvalue weighted by molar-refractivity contribution is 7.18. The molecular weight excluding hydrogens is 394 g/mol. The monoisotopic (exact) mass is 409 g/mol. The molecule has 9 heteroatoms. The van der Waals surface area contributed by atoms with E-state index in [4.69, 9.17) is 4.42 Å². The number of non-ortho nitro benzene ring substituents is 1. The molecule has 0 bridgehead atoms. The van der Waals surface area contributed by atoms with Crippen LogP contribution < -0.4 is 11.2 Å². The Hall–Kier alpha value is -3.33. The number of nitrogens with one attached hydrogen (secondary N) is 1. The maximum atomic E-state index is 12.8. The Labute approximate surface area is 167 Å². The number of hydrogen-bond acceptors (Lipinski definition) is 7. The summed E-state index contributed by atoms with van der Waals surface area (Å²) in [4.78, 5) is 44.8. The van der Waals surface area contributed by atoms with E-state index in [9.17, 15) is 19.7 Å². The summed E-state index contributed by atoms with van der Waals surface area (Å²) < 4.78 is 5.29. The molecule has 0 amide bonds. The van der Waals surface area contributed by atoms with Crippen LogP contribution in [0.15, 0.2) is 38.3 Å². The molecule has 8 nitrogen and oxygen atoms in total. The third kappa shape index (κ3) is 2.85. The highest BCUT2D eigenvalue weighted by Crippen LogP contribution is 2.36. The minimum absolute atomic E-state index is 0.0664. The lowest BCUT2D eigenvalue weighted by molar-refractivity contribution is -0.384. The summed E-state index contributed by atoms with van der Waals surface area (Å²) in [7, 11) is 0. The van der Waals surface area contributed by atoms with Crippen molar-refractivity contribution in [3.05, 3.63) is 65.6 Å². The molecule has 0 spiro atoms. The molecule has 0 saturated heterocycles. The van der Waals surface area contributed by atoms with Gasteiger partial charge in [-0.1, -0.05) is 6.92 Å². The molecule has 0 aliphatic heterocycles. The Balaban J connectivity index is 1.72. The van der Waals surface area contributed by atoms with Crippen LogP contribution in [0.1, 0.15) is 23.8 Å². The smallest absolute Gasteiger partial charge is 0.347 e. The number of benzene rings is 1. The number of aromatic nitrogens is 2. The fraction of sp³-hybridized carbons (Fsp3) is 0.250. The van der Waals surface area contributed by atoms with Crippen molar-refractivity contribution in [2.75, 3.05) is 0 Å². The number of nitro benzene ring substituents is 1. The van der Waals surface area contributed by atoms with Crippen LogP contribution in [-0.4, -0.2) is 14.9 Å². The largest absolute Gasteiger partial charge is 0.422 e. The number of nitro groups is 1. The summed E-state index contributed by atoms with van der Waals surface area (Å²) in [5.74, 6) is 0.675. The quantitative estimate of drug-likeness (QED) is 0.306. The van der Waals surface area contributed by atoms with Gasteiger partial charge in [0.2, 0.25) is 0 Å². The van der Waals surface area contributed by atoms with Crippen molar-refractivity contribution >= 4 is 38.2 Å². The van der Waals surface area contributed by atoms with E-state index in [0.29, 0.717) is 21.5 Å². The zero-order valence-corrected chi connectivity index (χ0v) is 16.2. The van der Waals surface area contributed by atoms with Crippen molar-refractivity contribution in [1.29, 1.82) is 0 Å². The SMILES string of the molecule is CC1CCc2c(sc3nc(-c4cc5cc([N+](=O)[O-])ccc5oc4=O)[nH]c(=O)c23)C1. The van der Waals surface area contributed by atoms with Gasteiger partial charge >= 0.3 is 5.63 Å². The predicted octanol–water partition coefficient (Wildman–Crippen LogP) is 3.79. The van der Waals surface area contributed by atoms with Gasteiger partial charge in [-0.05, 0) is 42.9 Å². The lowest BCUT2D eigenvalue weighted by Gasteiger charge is -2.17. The Kier molecular flexibility index (Phi) is 3.88. The van der Waals surface area contributed by atoms with Crippen molar-refractivity contribution < 1.29 is 9.34 Å². The second kappa shape index (κ2) is 6.35. The topological polar surface area (TPSA) is 119 Å². The summed E-state index contributed by atoms with van der Waals surface area (Å²) in [6, 6.07) is 5.44. The molecule has 0 radical (unpaired) electrons. The summed E-state index contributed by atoms with van der Waals surface area (Å²) in [5, 5.41) is 12.0. The van der Waals surface area contributed by atoms with Crippen molar-refractivity contribution in [3.8, 4) is 11.4 Å². The van der Waals surface area contributed by atoms with E-state index >= 15 is 0 Å². The van der Waals surface area contributed by atoms with Gasteiger partial charge in [-0.15, -0.1) is 11.3 Å². The molecule has 3 aromatic heterocycles. The van der Waals surface area contributed by atoms with E-state index in [2.05, 4.69) is 16.9 Å². The van der Waals surface area contributed by atoms with Gasteiger partial charge in [0.1, 0.15) is 21.8 Å². The second-order valence-electron chi connectivity index (χ2n) is 7.37. The van der Waals surface area contributed by atoms with Gasteiger partial charge in [0.05, 0.1) is 10.3 Å². The molecule has 1 aliphatic carbocycles. The summed E-state index contributed by atoms with van der Waals surface area (Å²) in [5.41, 5.74) is 0.295. The van der Waals surface area contributed by atoms with Crippen LogP contribution in [0.4, 0.5) is 5.69 Å². The first kappa shape index (κ1) is 17.7. The molecule has 1 aromatic carbocycles. The number of aromatic amines is 1. The first-order chi connectivity index (χ1) is 13.9. The fourth-order valence-electron chi connectivity index (χ4n) is 3.87. The van der Waals surface area contributed by atoms with E-state index in [-0.39, 0.29) is 28.2 Å². The van der Waals surface area contributed by atoms with E-state index in [0.717, 1.165) is 24.8 Å². The molecule has 1 atom stereocenters. The van der Waals surface area contributed by atoms with Crippen LogP contribution in [-0.2, 0) is 12.8 Å². The van der Waals surface area contributed by atoms with Crippen molar-refractivity contribution in [3.63, 3.8) is 0 Å². The van der Waals surface area contributed by atoms with Gasteiger partial charge in [-0.25, -0.2) is 9.78 Å². The first-order valence-corrected chi connectivity index (χ1v) is 9.99. The number of H-pyrrole nitrogens is 1. The minimum Gasteiger partial charge on any atom is -0.422 e. The molecule has 1 aliphatic rings. The maximum Gasteiger partial charge on any atom is 0.347 e. The Morgan fingerprint density at radius 1 is 1.31 bits per heavy atom.